The molecule has 1 aliphatic rings. The fourth-order valence-electron chi connectivity index (χ4n) is 2.74. The molecule has 0 bridgehead atoms. The minimum Gasteiger partial charge on any atom is -0.450 e. The normalized spacial score (nSPS) is 14.9. The molecule has 138 valence electrons. The minimum absolute atomic E-state index is 0.0238. The van der Waals surface area contributed by atoms with E-state index in [0.717, 1.165) is 31.5 Å². The second-order valence-corrected chi connectivity index (χ2v) is 6.19. The zero-order chi connectivity index (χ0) is 18.1. The maximum atomic E-state index is 11.7. The van der Waals surface area contributed by atoms with Gasteiger partial charge in [0.25, 0.3) is 0 Å². The Morgan fingerprint density at radius 1 is 1.28 bits per heavy atom. The van der Waals surface area contributed by atoms with Gasteiger partial charge in [-0.3, -0.25) is 4.79 Å². The van der Waals surface area contributed by atoms with Gasteiger partial charge in [0, 0.05) is 25.6 Å². The molecule has 0 unspecified atom stereocenters. The predicted octanol–water partition coefficient (Wildman–Crippen LogP) is 3.24. The highest BCUT2D eigenvalue weighted by molar-refractivity contribution is 5.90. The smallest absolute Gasteiger partial charge is 0.409 e. The van der Waals surface area contributed by atoms with Gasteiger partial charge in [-0.15, -0.1) is 0 Å². The van der Waals surface area contributed by atoms with E-state index in [0.29, 0.717) is 31.8 Å². The Balaban J connectivity index is 1.76. The third-order valence-electron chi connectivity index (χ3n) is 4.18. The number of hydrogen-bond acceptors (Lipinski definition) is 5. The fraction of sp³-hybridized carbons (Fsp3) is 0.611. The van der Waals surface area contributed by atoms with Crippen molar-refractivity contribution in [3.63, 3.8) is 0 Å². The standard InChI is InChI=1S/C18H28N4O3/c1-3-5-6-17(23)21-15-7-8-16(19-13-15)20-14-9-11-22(12-10-14)18(24)25-4-2/h7-8,13-14H,3-6,9-12H2,1-2H3,(H,19,20)(H,21,23). The van der Waals surface area contributed by atoms with Gasteiger partial charge >= 0.3 is 6.09 Å². The zero-order valence-electron chi connectivity index (χ0n) is 15.1. The lowest BCUT2D eigenvalue weighted by Gasteiger charge is -2.31. The van der Waals surface area contributed by atoms with Crippen molar-refractivity contribution in [1.29, 1.82) is 0 Å². The van der Waals surface area contributed by atoms with Crippen LogP contribution in [-0.4, -0.2) is 47.6 Å². The van der Waals surface area contributed by atoms with Crippen LogP contribution in [0.4, 0.5) is 16.3 Å². The van der Waals surface area contributed by atoms with Gasteiger partial charge in [0.2, 0.25) is 5.91 Å². The van der Waals surface area contributed by atoms with E-state index in [1.807, 2.05) is 19.1 Å². The van der Waals surface area contributed by atoms with Crippen LogP contribution in [0.1, 0.15) is 46.0 Å². The Morgan fingerprint density at radius 2 is 2.04 bits per heavy atom. The summed E-state index contributed by atoms with van der Waals surface area (Å²) in [5.74, 6) is 0.803. The number of rotatable bonds is 7. The first-order valence-electron chi connectivity index (χ1n) is 9.06. The van der Waals surface area contributed by atoms with Gasteiger partial charge in [-0.2, -0.15) is 0 Å². The maximum Gasteiger partial charge on any atom is 0.409 e. The van der Waals surface area contributed by atoms with Crippen LogP contribution >= 0.6 is 0 Å². The number of hydrogen-bond donors (Lipinski definition) is 2. The molecular weight excluding hydrogens is 320 g/mol. The number of piperidine rings is 1. The van der Waals surface area contributed by atoms with Crippen LogP contribution in [-0.2, 0) is 9.53 Å². The summed E-state index contributed by atoms with van der Waals surface area (Å²) < 4.78 is 5.02. The van der Waals surface area contributed by atoms with Crippen molar-refractivity contribution in [1.82, 2.24) is 9.88 Å². The van der Waals surface area contributed by atoms with Crippen LogP contribution in [0.5, 0.6) is 0 Å². The summed E-state index contributed by atoms with van der Waals surface area (Å²) in [5.41, 5.74) is 0.712. The summed E-state index contributed by atoms with van der Waals surface area (Å²) in [6.07, 6.45) is 5.58. The lowest BCUT2D eigenvalue weighted by Crippen LogP contribution is -2.42. The van der Waals surface area contributed by atoms with E-state index in [-0.39, 0.29) is 18.0 Å². The Bertz CT molecular complexity index is 554. The Labute approximate surface area is 149 Å². The summed E-state index contributed by atoms with van der Waals surface area (Å²) in [5, 5.41) is 6.24. The van der Waals surface area contributed by atoms with Gasteiger partial charge in [0.1, 0.15) is 5.82 Å². The lowest BCUT2D eigenvalue weighted by atomic mass is 10.1. The van der Waals surface area contributed by atoms with Crippen LogP contribution in [0.2, 0.25) is 0 Å². The first-order chi connectivity index (χ1) is 12.1. The van der Waals surface area contributed by atoms with E-state index in [1.54, 1.807) is 11.1 Å². The summed E-state index contributed by atoms with van der Waals surface area (Å²) in [6.45, 7) is 5.65. The molecule has 0 aliphatic carbocycles. The molecule has 0 saturated carbocycles. The SMILES string of the molecule is CCCCC(=O)Nc1ccc(NC2CCN(C(=O)OCC)CC2)nc1. The summed E-state index contributed by atoms with van der Waals surface area (Å²) in [7, 11) is 0. The summed E-state index contributed by atoms with van der Waals surface area (Å²) in [4.78, 5) is 29.5. The molecule has 0 radical (unpaired) electrons. The quantitative estimate of drug-likeness (QED) is 0.790. The first kappa shape index (κ1) is 19.0. The molecule has 1 aromatic rings. The molecule has 7 nitrogen and oxygen atoms in total. The van der Waals surface area contributed by atoms with Crippen molar-refractivity contribution >= 4 is 23.5 Å². The number of unbranched alkanes of at least 4 members (excludes halogenated alkanes) is 1. The van der Waals surface area contributed by atoms with Gasteiger partial charge in [-0.25, -0.2) is 9.78 Å². The third kappa shape index (κ3) is 6.25. The van der Waals surface area contributed by atoms with E-state index in [1.165, 1.54) is 0 Å². The molecule has 7 heteroatoms. The topological polar surface area (TPSA) is 83.6 Å². The van der Waals surface area contributed by atoms with Gasteiger partial charge in [-0.05, 0) is 38.3 Å². The van der Waals surface area contributed by atoms with Gasteiger partial charge in [0.15, 0.2) is 0 Å². The van der Waals surface area contributed by atoms with Crippen molar-refractivity contribution in [2.45, 2.75) is 52.0 Å². The minimum atomic E-state index is -0.234. The average Bonchev–Trinajstić information content (AvgIpc) is 2.62. The molecular formula is C18H28N4O3. The van der Waals surface area contributed by atoms with Crippen molar-refractivity contribution < 1.29 is 14.3 Å². The second kappa shape index (κ2) is 9.86. The average molecular weight is 348 g/mol. The highest BCUT2D eigenvalue weighted by atomic mass is 16.6. The molecule has 1 aromatic heterocycles. The largest absolute Gasteiger partial charge is 0.450 e. The number of likely N-dealkylation sites (tertiary alicyclic amines) is 1. The number of ether oxygens (including phenoxy) is 1. The molecule has 2 amide bonds. The molecule has 2 N–H and O–H groups in total. The molecule has 2 heterocycles. The zero-order valence-corrected chi connectivity index (χ0v) is 15.1. The highest BCUT2D eigenvalue weighted by Gasteiger charge is 2.23. The van der Waals surface area contributed by atoms with E-state index >= 15 is 0 Å². The Morgan fingerprint density at radius 3 is 2.64 bits per heavy atom. The van der Waals surface area contributed by atoms with Crippen molar-refractivity contribution in [3.05, 3.63) is 18.3 Å². The number of pyridine rings is 1. The molecule has 2 rings (SSSR count). The number of carbonyl (C=O) groups is 2. The third-order valence-corrected chi connectivity index (χ3v) is 4.18. The number of amides is 2. The number of carbonyl (C=O) groups excluding carboxylic acids is 2. The Hall–Kier alpha value is -2.31. The molecule has 1 aliphatic heterocycles. The maximum absolute atomic E-state index is 11.7. The lowest BCUT2D eigenvalue weighted by molar-refractivity contribution is -0.116. The van der Waals surface area contributed by atoms with E-state index in [2.05, 4.69) is 22.5 Å². The van der Waals surface area contributed by atoms with E-state index in [4.69, 9.17) is 4.74 Å². The van der Waals surface area contributed by atoms with Crippen LogP contribution in [0.15, 0.2) is 18.3 Å². The summed E-state index contributed by atoms with van der Waals surface area (Å²) in [6, 6.07) is 4.00. The van der Waals surface area contributed by atoms with Crippen molar-refractivity contribution in [2.75, 3.05) is 30.3 Å². The van der Waals surface area contributed by atoms with Gasteiger partial charge < -0.3 is 20.3 Å². The van der Waals surface area contributed by atoms with Crippen LogP contribution in [0, 0.1) is 0 Å². The van der Waals surface area contributed by atoms with Crippen LogP contribution < -0.4 is 10.6 Å². The molecule has 1 fully saturated rings. The van der Waals surface area contributed by atoms with E-state index < -0.39 is 0 Å². The monoisotopic (exact) mass is 348 g/mol. The number of nitrogens with one attached hydrogen (secondary N) is 2. The number of nitrogens with zero attached hydrogens (tertiary/aromatic N) is 2. The first-order valence-corrected chi connectivity index (χ1v) is 9.06. The Kier molecular flexibility index (Phi) is 7.50. The van der Waals surface area contributed by atoms with Gasteiger partial charge in [-0.1, -0.05) is 13.3 Å². The molecule has 0 aromatic carbocycles. The molecule has 0 spiro atoms. The van der Waals surface area contributed by atoms with Crippen molar-refractivity contribution in [3.8, 4) is 0 Å². The van der Waals surface area contributed by atoms with Crippen LogP contribution in [0.3, 0.4) is 0 Å². The molecule has 1 saturated heterocycles. The number of aromatic nitrogens is 1. The molecule has 25 heavy (non-hydrogen) atoms. The summed E-state index contributed by atoms with van der Waals surface area (Å²) >= 11 is 0. The molecule has 0 atom stereocenters. The highest BCUT2D eigenvalue weighted by Crippen LogP contribution is 2.17. The number of anilines is 2. The fourth-order valence-corrected chi connectivity index (χ4v) is 2.74. The van der Waals surface area contributed by atoms with Crippen LogP contribution in [0.25, 0.3) is 0 Å². The van der Waals surface area contributed by atoms with E-state index in [9.17, 15) is 9.59 Å². The predicted molar refractivity (Wildman–Crippen MR) is 97.6 cm³/mol. The van der Waals surface area contributed by atoms with Gasteiger partial charge in [0.05, 0.1) is 18.5 Å². The van der Waals surface area contributed by atoms with Crippen molar-refractivity contribution in [2.24, 2.45) is 0 Å². The second-order valence-electron chi connectivity index (χ2n) is 6.19.